The molecule has 3 aromatic rings. The maximum Gasteiger partial charge on any atom is 0.232 e. The Balaban J connectivity index is 1.41. The van der Waals surface area contributed by atoms with Gasteiger partial charge in [-0.25, -0.2) is 13.4 Å². The first kappa shape index (κ1) is 26.7. The van der Waals surface area contributed by atoms with E-state index in [1.54, 1.807) is 7.11 Å². The molecule has 0 aliphatic carbocycles. The van der Waals surface area contributed by atoms with Crippen LogP contribution in [0.3, 0.4) is 0 Å². The summed E-state index contributed by atoms with van der Waals surface area (Å²) in [5, 5.41) is 6.81. The van der Waals surface area contributed by atoms with Gasteiger partial charge in [-0.2, -0.15) is 0 Å². The number of aryl methyl sites for hydroxylation is 1. The molecule has 1 atom stereocenters. The van der Waals surface area contributed by atoms with E-state index in [0.29, 0.717) is 47.7 Å². The van der Waals surface area contributed by atoms with E-state index >= 15 is 0 Å². The number of methoxy groups -OCH3 is 1. The fourth-order valence-corrected chi connectivity index (χ4v) is 7.23. The van der Waals surface area contributed by atoms with E-state index < -0.39 is 15.8 Å². The van der Waals surface area contributed by atoms with Crippen LogP contribution in [-0.4, -0.2) is 64.2 Å². The van der Waals surface area contributed by atoms with Crippen LogP contribution in [0.15, 0.2) is 47.6 Å². The van der Waals surface area contributed by atoms with Crippen LogP contribution in [0.2, 0.25) is 0 Å². The Labute approximate surface area is 235 Å². The summed E-state index contributed by atoms with van der Waals surface area (Å²) in [6, 6.07) is 11.9. The number of benzene rings is 2. The molecule has 0 bridgehead atoms. The van der Waals surface area contributed by atoms with Crippen LogP contribution in [-0.2, 0) is 22.2 Å². The lowest BCUT2D eigenvalue weighted by Crippen LogP contribution is -2.47. The number of piperidine rings is 1. The molecule has 4 heterocycles. The van der Waals surface area contributed by atoms with Gasteiger partial charge in [0.05, 0.1) is 35.9 Å². The number of rotatable bonds is 5. The molecule has 1 saturated heterocycles. The van der Waals surface area contributed by atoms with Gasteiger partial charge in [0.2, 0.25) is 15.8 Å². The van der Waals surface area contributed by atoms with E-state index in [4.69, 9.17) is 15.5 Å². The minimum atomic E-state index is -3.43. The lowest BCUT2D eigenvalue weighted by atomic mass is 9.85. The van der Waals surface area contributed by atoms with Gasteiger partial charge in [-0.15, -0.1) is 0 Å². The molecular formula is C29H37N7O3S. The fraction of sp³-hybridized carbons (Fsp3) is 0.414. The molecule has 212 valence electrons. The number of anilines is 3. The van der Waals surface area contributed by atoms with Gasteiger partial charge in [0.1, 0.15) is 17.4 Å². The number of nitrogens with one attached hydrogen (secondary N) is 3. The summed E-state index contributed by atoms with van der Waals surface area (Å²) in [6.45, 7) is 4.69. The van der Waals surface area contributed by atoms with Crippen LogP contribution in [0.4, 0.5) is 17.2 Å². The molecule has 3 aliphatic rings. The standard InChI is InChI=1S/C29H37N7O3S/c1-18-16-23(25(39-3)17-22(18)19-9-13-35(2)14-10-19)29(30)33-27-21(8-12-31-27)28(34-29)32-24-7-5-6-20-11-15-36(26(20)24)40(4,37)38/h5-8,12,16-17,19,31,33H,9-11,13-15,30H2,1-4H3,(H,32,34). The number of nitrogens with two attached hydrogens (primary N) is 1. The zero-order chi connectivity index (χ0) is 28.2. The number of likely N-dealkylation sites (tertiary alicyclic amines) is 1. The maximum absolute atomic E-state index is 12.6. The molecule has 0 amide bonds. The highest BCUT2D eigenvalue weighted by atomic mass is 32.2. The molecule has 1 unspecified atom stereocenters. The normalized spacial score (nSPS) is 21.4. The zero-order valence-electron chi connectivity index (χ0n) is 23.4. The molecule has 40 heavy (non-hydrogen) atoms. The van der Waals surface area contributed by atoms with E-state index in [0.717, 1.165) is 48.2 Å². The maximum atomic E-state index is 12.6. The summed E-state index contributed by atoms with van der Waals surface area (Å²) in [5.41, 5.74) is 13.3. The number of aliphatic imine (C=N–C) groups is 1. The van der Waals surface area contributed by atoms with Crippen LogP contribution in [0, 0.1) is 6.92 Å². The topological polar surface area (TPSA) is 128 Å². The van der Waals surface area contributed by atoms with Crippen LogP contribution in [0.5, 0.6) is 5.75 Å². The number of hydrogen-bond acceptors (Lipinski definition) is 8. The van der Waals surface area contributed by atoms with Crippen LogP contribution >= 0.6 is 0 Å². The van der Waals surface area contributed by atoms with Crippen LogP contribution < -0.4 is 25.4 Å². The van der Waals surface area contributed by atoms with Crippen molar-refractivity contribution < 1.29 is 13.2 Å². The minimum Gasteiger partial charge on any atom is -0.496 e. The number of H-pyrrole nitrogens is 1. The third-order valence-electron chi connectivity index (χ3n) is 8.37. The lowest BCUT2D eigenvalue weighted by molar-refractivity contribution is 0.254. The Bertz CT molecular complexity index is 1590. The molecule has 6 rings (SSSR count). The number of fused-ring (bicyclic) bond motifs is 2. The second-order valence-corrected chi connectivity index (χ2v) is 13.0. The molecule has 11 heteroatoms. The second-order valence-electron chi connectivity index (χ2n) is 11.1. The minimum absolute atomic E-state index is 0.414. The zero-order valence-corrected chi connectivity index (χ0v) is 24.2. The quantitative estimate of drug-likeness (QED) is 0.374. The smallest absolute Gasteiger partial charge is 0.232 e. The summed E-state index contributed by atoms with van der Waals surface area (Å²) in [5.74, 6) is 1.06. The highest BCUT2D eigenvalue weighted by molar-refractivity contribution is 7.92. The van der Waals surface area contributed by atoms with E-state index in [1.807, 2.05) is 30.5 Å². The van der Waals surface area contributed by atoms with Gasteiger partial charge in [0, 0.05) is 12.7 Å². The predicted octanol–water partition coefficient (Wildman–Crippen LogP) is 3.52. The summed E-state index contributed by atoms with van der Waals surface area (Å²) in [6.07, 6.45) is 5.93. The first-order valence-corrected chi connectivity index (χ1v) is 15.5. The fourth-order valence-electron chi connectivity index (χ4n) is 6.26. The number of aromatic nitrogens is 1. The molecular weight excluding hydrogens is 526 g/mol. The van der Waals surface area contributed by atoms with E-state index in [9.17, 15) is 8.42 Å². The van der Waals surface area contributed by atoms with E-state index in [1.165, 1.54) is 16.1 Å². The third kappa shape index (κ3) is 4.61. The Kier molecular flexibility index (Phi) is 6.55. The molecule has 5 N–H and O–H groups in total. The van der Waals surface area contributed by atoms with E-state index in [2.05, 4.69) is 46.6 Å². The lowest BCUT2D eigenvalue weighted by Gasteiger charge is -2.35. The van der Waals surface area contributed by atoms with Gasteiger partial charge in [-0.05, 0) is 93.2 Å². The number of ether oxygens (including phenoxy) is 1. The van der Waals surface area contributed by atoms with Gasteiger partial charge in [-0.3, -0.25) is 10.0 Å². The third-order valence-corrected chi connectivity index (χ3v) is 9.54. The number of hydrogen-bond donors (Lipinski definition) is 4. The number of nitrogens with zero attached hydrogens (tertiary/aromatic N) is 3. The predicted molar refractivity (Wildman–Crippen MR) is 160 cm³/mol. The monoisotopic (exact) mass is 563 g/mol. The summed E-state index contributed by atoms with van der Waals surface area (Å²) in [7, 11) is 0.395. The van der Waals surface area contributed by atoms with Crippen molar-refractivity contribution in [3.8, 4) is 5.75 Å². The molecule has 1 aromatic heterocycles. The van der Waals surface area contributed by atoms with Crippen molar-refractivity contribution in [1.29, 1.82) is 0 Å². The van der Waals surface area contributed by atoms with Crippen molar-refractivity contribution in [2.75, 3.05) is 55.0 Å². The average Bonchev–Trinajstić information content (AvgIpc) is 3.57. The van der Waals surface area contributed by atoms with Crippen molar-refractivity contribution >= 4 is 33.1 Å². The van der Waals surface area contributed by atoms with Gasteiger partial charge in [-0.1, -0.05) is 12.1 Å². The number of amidine groups is 1. The number of para-hydroxylation sites is 1. The highest BCUT2D eigenvalue weighted by Gasteiger charge is 2.38. The number of aromatic amines is 1. The SMILES string of the molecule is COc1cc(C2CCN(C)CC2)c(C)cc1C1(N)N=C(Nc2cccc3c2N(S(C)(=O)=O)CC3)c2cc[nH]c2N1. The molecule has 3 aliphatic heterocycles. The molecule has 1 fully saturated rings. The average molecular weight is 564 g/mol. The first-order valence-electron chi connectivity index (χ1n) is 13.7. The van der Waals surface area contributed by atoms with Crippen LogP contribution in [0.25, 0.3) is 0 Å². The Hall–Kier alpha value is -3.54. The van der Waals surface area contributed by atoms with Crippen molar-refractivity contribution in [2.45, 2.75) is 37.9 Å². The van der Waals surface area contributed by atoms with Gasteiger partial charge in [0.25, 0.3) is 0 Å². The van der Waals surface area contributed by atoms with Crippen LogP contribution in [0.1, 0.15) is 46.6 Å². The summed E-state index contributed by atoms with van der Waals surface area (Å²) in [4.78, 5) is 10.6. The molecule has 10 nitrogen and oxygen atoms in total. The Morgan fingerprint density at radius 2 is 1.95 bits per heavy atom. The highest BCUT2D eigenvalue weighted by Crippen LogP contribution is 2.41. The van der Waals surface area contributed by atoms with Gasteiger partial charge < -0.3 is 25.3 Å². The van der Waals surface area contributed by atoms with E-state index in [-0.39, 0.29) is 0 Å². The molecule has 0 radical (unpaired) electrons. The van der Waals surface area contributed by atoms with Crippen molar-refractivity contribution in [3.05, 3.63) is 70.4 Å². The van der Waals surface area contributed by atoms with Gasteiger partial charge in [0.15, 0.2) is 0 Å². The van der Waals surface area contributed by atoms with Gasteiger partial charge >= 0.3 is 0 Å². The first-order chi connectivity index (χ1) is 19.1. The summed E-state index contributed by atoms with van der Waals surface area (Å²) >= 11 is 0. The van der Waals surface area contributed by atoms with Crippen molar-refractivity contribution in [1.82, 2.24) is 9.88 Å². The van der Waals surface area contributed by atoms with Crippen molar-refractivity contribution in [3.63, 3.8) is 0 Å². The van der Waals surface area contributed by atoms with Crippen molar-refractivity contribution in [2.24, 2.45) is 10.7 Å². The molecule has 0 saturated carbocycles. The largest absolute Gasteiger partial charge is 0.496 e. The Morgan fingerprint density at radius 3 is 2.67 bits per heavy atom. The Morgan fingerprint density at radius 1 is 1.18 bits per heavy atom. The molecule has 0 spiro atoms. The summed E-state index contributed by atoms with van der Waals surface area (Å²) < 4.78 is 32.5. The second kappa shape index (κ2) is 9.83. The molecule has 2 aromatic carbocycles. The number of sulfonamides is 1.